The Hall–Kier alpha value is -2.19. The van der Waals surface area contributed by atoms with Crippen LogP contribution in [0.5, 0.6) is 5.75 Å². The zero-order valence-corrected chi connectivity index (χ0v) is 15.6. The molecule has 3 heterocycles. The van der Waals surface area contributed by atoms with Gasteiger partial charge in [-0.05, 0) is 51.7 Å². The van der Waals surface area contributed by atoms with Gasteiger partial charge in [0.25, 0.3) is 0 Å². The molecule has 0 N–H and O–H groups in total. The summed E-state index contributed by atoms with van der Waals surface area (Å²) >= 11 is 0. The molecule has 3 rings (SSSR count). The molecule has 2 fully saturated rings. The van der Waals surface area contributed by atoms with Gasteiger partial charge in [-0.15, -0.1) is 13.2 Å². The minimum Gasteiger partial charge on any atom is -0.444 e. The molecule has 9 heteroatoms. The van der Waals surface area contributed by atoms with Gasteiger partial charge in [-0.2, -0.15) is 0 Å². The smallest absolute Gasteiger partial charge is 0.444 e. The molecule has 150 valence electrons. The van der Waals surface area contributed by atoms with Gasteiger partial charge in [0.15, 0.2) is 0 Å². The molecule has 1 amide bonds. The van der Waals surface area contributed by atoms with E-state index < -0.39 is 12.0 Å². The van der Waals surface area contributed by atoms with Gasteiger partial charge >= 0.3 is 12.5 Å². The van der Waals surface area contributed by atoms with E-state index in [0.29, 0.717) is 31.4 Å². The molecule has 2 aliphatic rings. The van der Waals surface area contributed by atoms with Crippen LogP contribution in [0.1, 0.15) is 33.6 Å². The molecular formula is C18H24F3N3O3. The van der Waals surface area contributed by atoms with Gasteiger partial charge < -0.3 is 19.3 Å². The normalized spacial score (nSPS) is 23.2. The third-order valence-corrected chi connectivity index (χ3v) is 4.74. The SMILES string of the molecule is CC(C)(C)OC(=O)N1CC[C@@H]2CN(c3ccc(OC(F)(F)F)cn3)CC[C@@H]21. The van der Waals surface area contributed by atoms with Crippen LogP contribution in [-0.4, -0.2) is 53.6 Å². The number of rotatable bonds is 2. The van der Waals surface area contributed by atoms with Gasteiger partial charge in [-0.1, -0.05) is 0 Å². The van der Waals surface area contributed by atoms with E-state index in [1.54, 1.807) is 4.90 Å². The lowest BCUT2D eigenvalue weighted by Gasteiger charge is -2.38. The second kappa shape index (κ2) is 7.09. The summed E-state index contributed by atoms with van der Waals surface area (Å²) in [6, 6.07) is 2.93. The number of fused-ring (bicyclic) bond motifs is 1. The lowest BCUT2D eigenvalue weighted by molar-refractivity contribution is -0.274. The van der Waals surface area contributed by atoms with Crippen LogP contribution in [0.25, 0.3) is 0 Å². The molecule has 0 aliphatic carbocycles. The summed E-state index contributed by atoms with van der Waals surface area (Å²) in [5.74, 6) is 0.566. The molecule has 0 radical (unpaired) electrons. The molecule has 27 heavy (non-hydrogen) atoms. The first kappa shape index (κ1) is 19.6. The van der Waals surface area contributed by atoms with E-state index in [1.165, 1.54) is 12.1 Å². The minimum atomic E-state index is -4.73. The van der Waals surface area contributed by atoms with E-state index >= 15 is 0 Å². The van der Waals surface area contributed by atoms with Gasteiger partial charge in [0.1, 0.15) is 17.2 Å². The van der Waals surface area contributed by atoms with E-state index in [2.05, 4.69) is 9.72 Å². The Kier molecular flexibility index (Phi) is 5.14. The molecule has 2 saturated heterocycles. The van der Waals surface area contributed by atoms with Crippen LogP contribution in [0.2, 0.25) is 0 Å². The van der Waals surface area contributed by atoms with E-state index in [9.17, 15) is 18.0 Å². The fraction of sp³-hybridized carbons (Fsp3) is 0.667. The van der Waals surface area contributed by atoms with Crippen molar-refractivity contribution in [3.05, 3.63) is 18.3 Å². The fourth-order valence-electron chi connectivity index (χ4n) is 3.69. The highest BCUT2D eigenvalue weighted by atomic mass is 19.4. The summed E-state index contributed by atoms with van der Waals surface area (Å²) in [5.41, 5.74) is -0.528. The average Bonchev–Trinajstić information content (AvgIpc) is 2.95. The molecule has 2 aliphatic heterocycles. The lowest BCUT2D eigenvalue weighted by Crippen LogP contribution is -2.48. The van der Waals surface area contributed by atoms with Gasteiger partial charge in [0, 0.05) is 25.7 Å². The first-order valence-electron chi connectivity index (χ1n) is 8.98. The fourth-order valence-corrected chi connectivity index (χ4v) is 3.69. The number of nitrogens with zero attached hydrogens (tertiary/aromatic N) is 3. The van der Waals surface area contributed by atoms with E-state index in [-0.39, 0.29) is 17.9 Å². The van der Waals surface area contributed by atoms with Crippen LogP contribution in [0, 0.1) is 5.92 Å². The standard InChI is InChI=1S/C18H24F3N3O3/c1-17(2,3)27-16(25)24-9-6-12-11-23(8-7-14(12)24)15-5-4-13(10-22-15)26-18(19,20)21/h4-5,10,12,14H,6-9,11H2,1-3H3/t12-,14+/m1/s1. The number of piperidine rings is 1. The van der Waals surface area contributed by atoms with Crippen LogP contribution >= 0.6 is 0 Å². The zero-order valence-electron chi connectivity index (χ0n) is 15.6. The van der Waals surface area contributed by atoms with E-state index in [0.717, 1.165) is 19.0 Å². The molecule has 0 spiro atoms. The van der Waals surface area contributed by atoms with Gasteiger partial charge in [-0.3, -0.25) is 0 Å². The number of hydrogen-bond acceptors (Lipinski definition) is 5. The van der Waals surface area contributed by atoms with Gasteiger partial charge in [-0.25, -0.2) is 9.78 Å². The maximum absolute atomic E-state index is 12.4. The number of hydrogen-bond donors (Lipinski definition) is 0. The number of pyridine rings is 1. The molecule has 2 atom stereocenters. The molecule has 6 nitrogen and oxygen atoms in total. The summed E-state index contributed by atoms with van der Waals surface area (Å²) in [6.45, 7) is 7.57. The summed E-state index contributed by atoms with van der Waals surface area (Å²) in [4.78, 5) is 20.3. The Bertz CT molecular complexity index is 673. The lowest BCUT2D eigenvalue weighted by atomic mass is 9.93. The van der Waals surface area contributed by atoms with Crippen molar-refractivity contribution in [2.24, 2.45) is 5.92 Å². The monoisotopic (exact) mass is 387 g/mol. The molecule has 0 aromatic carbocycles. The minimum absolute atomic E-state index is 0.129. The molecule has 1 aromatic rings. The van der Waals surface area contributed by atoms with Crippen LogP contribution in [0.3, 0.4) is 0 Å². The summed E-state index contributed by atoms with van der Waals surface area (Å²) < 4.78 is 46.1. The number of alkyl halides is 3. The number of amides is 1. The third kappa shape index (κ3) is 4.95. The predicted molar refractivity (Wildman–Crippen MR) is 92.6 cm³/mol. The average molecular weight is 387 g/mol. The maximum atomic E-state index is 12.4. The number of carbonyl (C=O) groups is 1. The van der Waals surface area contributed by atoms with Crippen molar-refractivity contribution in [3.8, 4) is 5.75 Å². The van der Waals surface area contributed by atoms with Crippen molar-refractivity contribution in [2.45, 2.75) is 51.6 Å². The van der Waals surface area contributed by atoms with Crippen molar-refractivity contribution in [1.82, 2.24) is 9.88 Å². The Labute approximate surface area is 156 Å². The molecular weight excluding hydrogens is 363 g/mol. The quantitative estimate of drug-likeness (QED) is 0.772. The Balaban J connectivity index is 1.60. The van der Waals surface area contributed by atoms with Crippen LogP contribution in [-0.2, 0) is 4.74 Å². The molecule has 0 unspecified atom stereocenters. The van der Waals surface area contributed by atoms with Crippen LogP contribution < -0.4 is 9.64 Å². The Morgan fingerprint density at radius 3 is 2.52 bits per heavy atom. The molecule has 0 saturated carbocycles. The number of anilines is 1. The summed E-state index contributed by atoms with van der Waals surface area (Å²) in [5, 5.41) is 0. The largest absolute Gasteiger partial charge is 0.573 e. The number of carbonyl (C=O) groups excluding carboxylic acids is 1. The van der Waals surface area contributed by atoms with Crippen molar-refractivity contribution < 1.29 is 27.4 Å². The van der Waals surface area contributed by atoms with Crippen molar-refractivity contribution >= 4 is 11.9 Å². The highest BCUT2D eigenvalue weighted by Crippen LogP contribution is 2.34. The number of ether oxygens (including phenoxy) is 2. The molecule has 1 aromatic heterocycles. The van der Waals surface area contributed by atoms with Gasteiger partial charge in [0.05, 0.1) is 6.20 Å². The zero-order chi connectivity index (χ0) is 19.8. The summed E-state index contributed by atoms with van der Waals surface area (Å²) in [7, 11) is 0. The first-order chi connectivity index (χ1) is 12.5. The number of likely N-dealkylation sites (tertiary alicyclic amines) is 1. The predicted octanol–water partition coefficient (Wildman–Crippen LogP) is 3.82. The highest BCUT2D eigenvalue weighted by Gasteiger charge is 2.42. The first-order valence-corrected chi connectivity index (χ1v) is 8.98. The Morgan fingerprint density at radius 1 is 1.19 bits per heavy atom. The Morgan fingerprint density at radius 2 is 1.93 bits per heavy atom. The van der Waals surface area contributed by atoms with Crippen LogP contribution in [0.15, 0.2) is 18.3 Å². The molecule has 0 bridgehead atoms. The van der Waals surface area contributed by atoms with Crippen molar-refractivity contribution in [2.75, 3.05) is 24.5 Å². The maximum Gasteiger partial charge on any atom is 0.573 e. The summed E-state index contributed by atoms with van der Waals surface area (Å²) in [6.07, 6.45) is -2.29. The van der Waals surface area contributed by atoms with Gasteiger partial charge in [0.2, 0.25) is 0 Å². The highest BCUT2D eigenvalue weighted by molar-refractivity contribution is 5.69. The van der Waals surface area contributed by atoms with Crippen molar-refractivity contribution in [1.29, 1.82) is 0 Å². The van der Waals surface area contributed by atoms with E-state index in [1.807, 2.05) is 25.7 Å². The van der Waals surface area contributed by atoms with Crippen molar-refractivity contribution in [3.63, 3.8) is 0 Å². The third-order valence-electron chi connectivity index (χ3n) is 4.74. The topological polar surface area (TPSA) is 54.9 Å². The number of halogens is 3. The second-order valence-corrected chi connectivity index (χ2v) is 7.92. The second-order valence-electron chi connectivity index (χ2n) is 7.92. The number of aromatic nitrogens is 1. The van der Waals surface area contributed by atoms with E-state index in [4.69, 9.17) is 4.74 Å². The van der Waals surface area contributed by atoms with Crippen LogP contribution in [0.4, 0.5) is 23.8 Å².